The van der Waals surface area contributed by atoms with Crippen LogP contribution in [0, 0.1) is 5.82 Å². The lowest BCUT2D eigenvalue weighted by Crippen LogP contribution is -2.15. The van der Waals surface area contributed by atoms with Crippen LogP contribution in [0.1, 0.15) is 6.92 Å². The molecule has 3 aromatic rings. The van der Waals surface area contributed by atoms with Crippen LogP contribution in [0.3, 0.4) is 0 Å². The van der Waals surface area contributed by atoms with Gasteiger partial charge in [0.1, 0.15) is 5.82 Å². The molecule has 0 aliphatic heterocycles. The van der Waals surface area contributed by atoms with Crippen molar-refractivity contribution in [2.75, 3.05) is 11.1 Å². The molecule has 134 valence electrons. The van der Waals surface area contributed by atoms with Gasteiger partial charge in [-0.05, 0) is 25.1 Å². The van der Waals surface area contributed by atoms with Gasteiger partial charge in [-0.1, -0.05) is 53.7 Å². The quantitative estimate of drug-likeness (QED) is 0.630. The Morgan fingerprint density at radius 2 is 2.00 bits per heavy atom. The Balaban J connectivity index is 1.68. The molecule has 1 amide bonds. The second-order valence-electron chi connectivity index (χ2n) is 5.38. The van der Waals surface area contributed by atoms with Gasteiger partial charge >= 0.3 is 0 Å². The number of benzene rings is 2. The standard InChI is InChI=1S/C18H16ClFN4OS/c1-2-24-17(12-6-4-3-5-7-12)22-23-18(24)26-11-16(25)21-15-9-8-13(20)10-14(15)19/h3-10H,2,11H2,1H3,(H,21,25). The van der Waals surface area contributed by atoms with Crippen LogP contribution >= 0.6 is 23.4 Å². The Kier molecular flexibility index (Phi) is 5.90. The number of halogens is 2. The number of amides is 1. The maximum absolute atomic E-state index is 13.1. The number of anilines is 1. The van der Waals surface area contributed by atoms with Gasteiger partial charge in [0.15, 0.2) is 11.0 Å². The number of rotatable bonds is 6. The Bertz CT molecular complexity index is 917. The van der Waals surface area contributed by atoms with Crippen molar-refractivity contribution in [1.82, 2.24) is 14.8 Å². The Labute approximate surface area is 159 Å². The van der Waals surface area contributed by atoms with Crippen LogP contribution in [0.15, 0.2) is 53.7 Å². The highest BCUT2D eigenvalue weighted by Crippen LogP contribution is 2.25. The summed E-state index contributed by atoms with van der Waals surface area (Å²) < 4.78 is 15.0. The van der Waals surface area contributed by atoms with Crippen molar-refractivity contribution in [2.24, 2.45) is 0 Å². The van der Waals surface area contributed by atoms with E-state index >= 15 is 0 Å². The van der Waals surface area contributed by atoms with E-state index in [1.165, 1.54) is 23.9 Å². The van der Waals surface area contributed by atoms with Gasteiger partial charge in [-0.3, -0.25) is 4.79 Å². The Morgan fingerprint density at radius 1 is 1.23 bits per heavy atom. The predicted octanol–water partition coefficient (Wildman–Crippen LogP) is 4.49. The highest BCUT2D eigenvalue weighted by molar-refractivity contribution is 7.99. The van der Waals surface area contributed by atoms with Crippen LogP contribution < -0.4 is 5.32 Å². The van der Waals surface area contributed by atoms with Crippen LogP contribution in [0.5, 0.6) is 0 Å². The van der Waals surface area contributed by atoms with E-state index in [-0.39, 0.29) is 16.7 Å². The third kappa shape index (κ3) is 4.23. The zero-order chi connectivity index (χ0) is 18.5. The van der Waals surface area contributed by atoms with Crippen LogP contribution in [0.4, 0.5) is 10.1 Å². The van der Waals surface area contributed by atoms with Crippen LogP contribution in [-0.4, -0.2) is 26.4 Å². The van der Waals surface area contributed by atoms with Gasteiger partial charge in [-0.15, -0.1) is 10.2 Å². The molecule has 0 fully saturated rings. The summed E-state index contributed by atoms with van der Waals surface area (Å²) in [5.74, 6) is 0.195. The number of aromatic nitrogens is 3. The number of hydrogen-bond donors (Lipinski definition) is 1. The lowest BCUT2D eigenvalue weighted by atomic mass is 10.2. The minimum Gasteiger partial charge on any atom is -0.324 e. The smallest absolute Gasteiger partial charge is 0.234 e. The number of thioether (sulfide) groups is 1. The van der Waals surface area contributed by atoms with E-state index in [0.29, 0.717) is 17.4 Å². The van der Waals surface area contributed by atoms with Crippen molar-refractivity contribution in [1.29, 1.82) is 0 Å². The van der Waals surface area contributed by atoms with Crippen LogP contribution in [-0.2, 0) is 11.3 Å². The van der Waals surface area contributed by atoms with E-state index in [2.05, 4.69) is 15.5 Å². The fraction of sp³-hybridized carbons (Fsp3) is 0.167. The number of nitrogens with zero attached hydrogens (tertiary/aromatic N) is 3. The van der Waals surface area contributed by atoms with E-state index in [0.717, 1.165) is 17.5 Å². The molecule has 0 unspecified atom stereocenters. The summed E-state index contributed by atoms with van der Waals surface area (Å²) in [4.78, 5) is 12.2. The molecule has 1 aromatic heterocycles. The molecular weight excluding hydrogens is 375 g/mol. The average molecular weight is 391 g/mol. The van der Waals surface area contributed by atoms with Crippen molar-refractivity contribution in [3.8, 4) is 11.4 Å². The molecule has 0 saturated carbocycles. The van der Waals surface area contributed by atoms with E-state index in [1.807, 2.05) is 41.8 Å². The van der Waals surface area contributed by atoms with Gasteiger partial charge in [0, 0.05) is 12.1 Å². The summed E-state index contributed by atoms with van der Waals surface area (Å²) in [6.45, 7) is 2.68. The molecule has 2 aromatic carbocycles. The summed E-state index contributed by atoms with van der Waals surface area (Å²) in [7, 11) is 0. The molecule has 5 nitrogen and oxygen atoms in total. The molecule has 0 bridgehead atoms. The summed E-state index contributed by atoms with van der Waals surface area (Å²) in [5, 5.41) is 11.9. The molecule has 0 saturated heterocycles. The maximum Gasteiger partial charge on any atom is 0.234 e. The molecule has 1 N–H and O–H groups in total. The number of carbonyl (C=O) groups is 1. The molecule has 0 aliphatic rings. The van der Waals surface area contributed by atoms with Crippen molar-refractivity contribution < 1.29 is 9.18 Å². The van der Waals surface area contributed by atoms with Gasteiger partial charge in [0.05, 0.1) is 16.5 Å². The average Bonchev–Trinajstić information content (AvgIpc) is 3.06. The highest BCUT2D eigenvalue weighted by Gasteiger charge is 2.15. The second-order valence-corrected chi connectivity index (χ2v) is 6.73. The van der Waals surface area contributed by atoms with Crippen LogP contribution in [0.2, 0.25) is 5.02 Å². The summed E-state index contributed by atoms with van der Waals surface area (Å²) in [5.41, 5.74) is 1.34. The minimum atomic E-state index is -0.452. The van der Waals surface area contributed by atoms with E-state index in [4.69, 9.17) is 11.6 Å². The Hall–Kier alpha value is -2.38. The zero-order valence-electron chi connectivity index (χ0n) is 13.9. The summed E-state index contributed by atoms with van der Waals surface area (Å²) in [6.07, 6.45) is 0. The van der Waals surface area contributed by atoms with Crippen molar-refractivity contribution in [3.63, 3.8) is 0 Å². The molecule has 0 aliphatic carbocycles. The van der Waals surface area contributed by atoms with Crippen LogP contribution in [0.25, 0.3) is 11.4 Å². The summed E-state index contributed by atoms with van der Waals surface area (Å²) >= 11 is 7.21. The zero-order valence-corrected chi connectivity index (χ0v) is 15.5. The normalized spacial score (nSPS) is 10.7. The van der Waals surface area contributed by atoms with Gasteiger partial charge in [0.25, 0.3) is 0 Å². The first kappa shape index (κ1) is 18.4. The fourth-order valence-corrected chi connectivity index (χ4v) is 3.41. The topological polar surface area (TPSA) is 59.8 Å². The first-order valence-electron chi connectivity index (χ1n) is 7.94. The minimum absolute atomic E-state index is 0.140. The van der Waals surface area contributed by atoms with Crippen molar-refractivity contribution in [2.45, 2.75) is 18.6 Å². The second kappa shape index (κ2) is 8.33. The molecule has 8 heteroatoms. The van der Waals surface area contributed by atoms with Crippen molar-refractivity contribution >= 4 is 35.0 Å². The molecule has 1 heterocycles. The lowest BCUT2D eigenvalue weighted by molar-refractivity contribution is -0.113. The third-order valence-electron chi connectivity index (χ3n) is 3.60. The maximum atomic E-state index is 13.1. The molecule has 3 rings (SSSR count). The summed E-state index contributed by atoms with van der Waals surface area (Å²) in [6, 6.07) is 13.6. The molecule has 0 spiro atoms. The van der Waals surface area contributed by atoms with E-state index in [9.17, 15) is 9.18 Å². The van der Waals surface area contributed by atoms with Gasteiger partial charge in [-0.25, -0.2) is 4.39 Å². The number of nitrogens with one attached hydrogen (secondary N) is 1. The van der Waals surface area contributed by atoms with E-state index in [1.54, 1.807) is 0 Å². The van der Waals surface area contributed by atoms with Gasteiger partial charge < -0.3 is 9.88 Å². The SMILES string of the molecule is CCn1c(SCC(=O)Nc2ccc(F)cc2Cl)nnc1-c1ccccc1. The van der Waals surface area contributed by atoms with Gasteiger partial charge in [-0.2, -0.15) is 0 Å². The number of carbonyl (C=O) groups excluding carboxylic acids is 1. The van der Waals surface area contributed by atoms with E-state index < -0.39 is 5.82 Å². The predicted molar refractivity (Wildman–Crippen MR) is 102 cm³/mol. The van der Waals surface area contributed by atoms with Gasteiger partial charge in [0.2, 0.25) is 5.91 Å². The monoisotopic (exact) mass is 390 g/mol. The van der Waals surface area contributed by atoms with Crippen molar-refractivity contribution in [3.05, 3.63) is 59.4 Å². The highest BCUT2D eigenvalue weighted by atomic mass is 35.5. The fourth-order valence-electron chi connectivity index (χ4n) is 2.39. The molecular formula is C18H16ClFN4OS. The third-order valence-corrected chi connectivity index (χ3v) is 4.88. The lowest BCUT2D eigenvalue weighted by Gasteiger charge is -2.08. The largest absolute Gasteiger partial charge is 0.324 e. The first-order valence-corrected chi connectivity index (χ1v) is 9.31. The molecule has 0 atom stereocenters. The first-order chi connectivity index (χ1) is 12.6. The number of hydrogen-bond acceptors (Lipinski definition) is 4. The molecule has 0 radical (unpaired) electrons. The Morgan fingerprint density at radius 3 is 2.69 bits per heavy atom. The molecule has 26 heavy (non-hydrogen) atoms.